The summed E-state index contributed by atoms with van der Waals surface area (Å²) in [5.74, 6) is 0. The highest BCUT2D eigenvalue weighted by Crippen LogP contribution is 2.24. The van der Waals surface area contributed by atoms with Crippen LogP contribution in [0.1, 0.15) is 16.8 Å². The topological polar surface area (TPSA) is 89.8 Å². The van der Waals surface area contributed by atoms with Crippen molar-refractivity contribution in [3.63, 3.8) is 0 Å². The number of rotatable bonds is 3. The fraction of sp³-hybridized carbons (Fsp3) is 0.188. The zero-order valence-corrected chi connectivity index (χ0v) is 15.1. The fourth-order valence-electron chi connectivity index (χ4n) is 2.63. The molecule has 0 unspecified atom stereocenters. The van der Waals surface area contributed by atoms with Gasteiger partial charge in [-0.25, -0.2) is 13.6 Å². The van der Waals surface area contributed by atoms with Crippen LogP contribution in [0.4, 0.5) is 0 Å². The minimum absolute atomic E-state index is 0.194. The van der Waals surface area contributed by atoms with Gasteiger partial charge in [-0.3, -0.25) is 0 Å². The first-order valence-electron chi connectivity index (χ1n) is 7.23. The Labute approximate surface area is 144 Å². The van der Waals surface area contributed by atoms with Gasteiger partial charge in [0, 0.05) is 5.56 Å². The standard InChI is InChI=1S/C16H17N4O2S2/c1-10-8-12(3)20(15-18-19-16(23-15)24(17,21)22)14(9-10)13-7-5-4-6-11(13)2/h4-9H,1-3H3,(H2,17,21,22)/q+1. The zero-order valence-electron chi connectivity index (χ0n) is 13.5. The Kier molecular flexibility index (Phi) is 4.20. The van der Waals surface area contributed by atoms with Crippen molar-refractivity contribution in [1.29, 1.82) is 0 Å². The highest BCUT2D eigenvalue weighted by molar-refractivity contribution is 7.91. The van der Waals surface area contributed by atoms with E-state index in [0.29, 0.717) is 5.13 Å². The van der Waals surface area contributed by atoms with Crippen molar-refractivity contribution in [3.05, 3.63) is 53.2 Å². The summed E-state index contributed by atoms with van der Waals surface area (Å²) in [6, 6.07) is 12.1. The van der Waals surface area contributed by atoms with Crippen molar-refractivity contribution in [3.8, 4) is 16.4 Å². The minimum atomic E-state index is -3.87. The lowest BCUT2D eigenvalue weighted by molar-refractivity contribution is -0.591. The van der Waals surface area contributed by atoms with Crippen molar-refractivity contribution in [2.24, 2.45) is 5.14 Å². The molecule has 2 aromatic heterocycles. The molecule has 2 heterocycles. The fourth-order valence-corrected chi connectivity index (χ4v) is 4.12. The van der Waals surface area contributed by atoms with Crippen LogP contribution < -0.4 is 9.71 Å². The van der Waals surface area contributed by atoms with Crippen molar-refractivity contribution in [1.82, 2.24) is 10.2 Å². The number of hydrogen-bond donors (Lipinski definition) is 1. The lowest BCUT2D eigenvalue weighted by Gasteiger charge is -2.10. The van der Waals surface area contributed by atoms with E-state index < -0.39 is 10.0 Å². The Balaban J connectivity index is 2.29. The van der Waals surface area contributed by atoms with Gasteiger partial charge in [-0.2, -0.15) is 4.57 Å². The van der Waals surface area contributed by atoms with E-state index in [1.54, 1.807) is 0 Å². The summed E-state index contributed by atoms with van der Waals surface area (Å²) >= 11 is 0.955. The Hall–Kier alpha value is -2.16. The van der Waals surface area contributed by atoms with Gasteiger partial charge in [0.25, 0.3) is 14.4 Å². The molecular weight excluding hydrogens is 344 g/mol. The van der Waals surface area contributed by atoms with Crippen LogP contribution in [-0.4, -0.2) is 18.6 Å². The average molecular weight is 361 g/mol. The predicted octanol–water partition coefficient (Wildman–Crippen LogP) is 2.05. The lowest BCUT2D eigenvalue weighted by Crippen LogP contribution is -2.37. The number of aromatic nitrogens is 3. The maximum atomic E-state index is 11.5. The van der Waals surface area contributed by atoms with Gasteiger partial charge in [-0.05, 0) is 60.5 Å². The van der Waals surface area contributed by atoms with Crippen LogP contribution in [0.2, 0.25) is 0 Å². The van der Waals surface area contributed by atoms with Crippen molar-refractivity contribution < 1.29 is 13.0 Å². The third kappa shape index (κ3) is 3.08. The molecule has 2 N–H and O–H groups in total. The molecule has 0 spiro atoms. The maximum absolute atomic E-state index is 11.5. The second-order valence-corrected chi connectivity index (χ2v) is 8.30. The molecule has 8 heteroatoms. The number of pyridine rings is 1. The molecule has 6 nitrogen and oxygen atoms in total. The van der Waals surface area contributed by atoms with Crippen LogP contribution in [0.5, 0.6) is 0 Å². The van der Waals surface area contributed by atoms with Gasteiger partial charge in [0.1, 0.15) is 11.4 Å². The van der Waals surface area contributed by atoms with Crippen molar-refractivity contribution in [2.75, 3.05) is 0 Å². The molecule has 0 saturated carbocycles. The summed E-state index contributed by atoms with van der Waals surface area (Å²) in [6.45, 7) is 6.01. The molecule has 0 aliphatic rings. The van der Waals surface area contributed by atoms with Gasteiger partial charge in [-0.15, -0.1) is 0 Å². The summed E-state index contributed by atoms with van der Waals surface area (Å²) in [5.41, 5.74) is 5.15. The van der Waals surface area contributed by atoms with E-state index in [0.717, 1.165) is 39.4 Å². The number of aryl methyl sites for hydroxylation is 3. The summed E-state index contributed by atoms with van der Waals surface area (Å²) in [4.78, 5) is 0. The van der Waals surface area contributed by atoms with Gasteiger partial charge < -0.3 is 0 Å². The Morgan fingerprint density at radius 2 is 1.79 bits per heavy atom. The Morgan fingerprint density at radius 3 is 2.42 bits per heavy atom. The van der Waals surface area contributed by atoms with E-state index in [9.17, 15) is 8.42 Å². The van der Waals surface area contributed by atoms with E-state index in [1.807, 2.05) is 61.7 Å². The third-order valence-corrected chi connectivity index (χ3v) is 5.86. The van der Waals surface area contributed by atoms with E-state index in [2.05, 4.69) is 10.2 Å². The summed E-state index contributed by atoms with van der Waals surface area (Å²) in [5, 5.41) is 13.4. The molecule has 0 radical (unpaired) electrons. The van der Waals surface area contributed by atoms with E-state index in [4.69, 9.17) is 5.14 Å². The lowest BCUT2D eigenvalue weighted by atomic mass is 10.0. The smallest absolute Gasteiger partial charge is 0.222 e. The number of hydrogen-bond acceptors (Lipinski definition) is 5. The van der Waals surface area contributed by atoms with Gasteiger partial charge >= 0.3 is 5.13 Å². The Morgan fingerprint density at radius 1 is 1.08 bits per heavy atom. The van der Waals surface area contributed by atoms with Crippen LogP contribution >= 0.6 is 11.3 Å². The molecule has 0 amide bonds. The molecule has 0 saturated heterocycles. The van der Waals surface area contributed by atoms with Gasteiger partial charge in [-0.1, -0.05) is 24.3 Å². The molecule has 24 heavy (non-hydrogen) atoms. The number of nitrogens with two attached hydrogens (primary N) is 1. The highest BCUT2D eigenvalue weighted by Gasteiger charge is 2.27. The predicted molar refractivity (Wildman–Crippen MR) is 92.5 cm³/mol. The minimum Gasteiger partial charge on any atom is -0.222 e. The monoisotopic (exact) mass is 361 g/mol. The molecular formula is C16H17N4O2S2+. The largest absolute Gasteiger partial charge is 0.416 e. The summed E-state index contributed by atoms with van der Waals surface area (Å²) in [6.07, 6.45) is 0. The van der Waals surface area contributed by atoms with E-state index in [1.165, 1.54) is 0 Å². The van der Waals surface area contributed by atoms with Gasteiger partial charge in [0.15, 0.2) is 0 Å². The van der Waals surface area contributed by atoms with E-state index in [-0.39, 0.29) is 4.34 Å². The molecule has 0 fully saturated rings. The van der Waals surface area contributed by atoms with Gasteiger partial charge in [0.05, 0.1) is 5.10 Å². The Bertz CT molecular complexity index is 1030. The van der Waals surface area contributed by atoms with Crippen molar-refractivity contribution in [2.45, 2.75) is 25.1 Å². The first kappa shape index (κ1) is 16.7. The summed E-state index contributed by atoms with van der Waals surface area (Å²) in [7, 11) is -3.87. The third-order valence-electron chi connectivity index (χ3n) is 3.65. The normalized spacial score (nSPS) is 11.7. The first-order valence-corrected chi connectivity index (χ1v) is 9.59. The second-order valence-electron chi connectivity index (χ2n) is 5.61. The molecule has 0 atom stereocenters. The molecule has 3 aromatic rings. The number of primary sulfonamides is 1. The van der Waals surface area contributed by atoms with Crippen LogP contribution in [0.3, 0.4) is 0 Å². The molecule has 0 aliphatic heterocycles. The van der Waals surface area contributed by atoms with Crippen molar-refractivity contribution >= 4 is 21.4 Å². The van der Waals surface area contributed by atoms with Crippen LogP contribution in [0.15, 0.2) is 40.7 Å². The van der Waals surface area contributed by atoms with Gasteiger partial charge in [0.2, 0.25) is 0 Å². The first-order chi connectivity index (χ1) is 11.3. The molecule has 1 aromatic carbocycles. The quantitative estimate of drug-likeness (QED) is 0.723. The maximum Gasteiger partial charge on any atom is 0.416 e. The zero-order chi connectivity index (χ0) is 17.5. The van der Waals surface area contributed by atoms with E-state index >= 15 is 0 Å². The SMILES string of the molecule is Cc1cc(C)[n+](-c2nnc(S(N)(=O)=O)s2)c(-c2ccccc2C)c1. The summed E-state index contributed by atoms with van der Waals surface area (Å²) < 4.78 is 24.7. The molecule has 124 valence electrons. The highest BCUT2D eigenvalue weighted by atomic mass is 32.2. The molecule has 0 bridgehead atoms. The molecule has 3 rings (SSSR count). The molecule has 0 aliphatic carbocycles. The number of benzene rings is 1. The average Bonchev–Trinajstić information content (AvgIpc) is 2.96. The van der Waals surface area contributed by atoms with Crippen LogP contribution in [0, 0.1) is 20.8 Å². The number of sulfonamides is 1. The number of nitrogens with zero attached hydrogens (tertiary/aromatic N) is 3. The second kappa shape index (κ2) is 6.04. The van der Waals surface area contributed by atoms with Crippen LogP contribution in [-0.2, 0) is 10.0 Å². The van der Waals surface area contributed by atoms with Crippen LogP contribution in [0.25, 0.3) is 16.4 Å².